The summed E-state index contributed by atoms with van der Waals surface area (Å²) in [6.45, 7) is 1.71. The molecule has 14 heavy (non-hydrogen) atoms. The number of carbonyl (C=O) groups is 1. The summed E-state index contributed by atoms with van der Waals surface area (Å²) in [6, 6.07) is 4.72. The van der Waals surface area contributed by atoms with E-state index in [1.165, 1.54) is 6.07 Å². The highest BCUT2D eigenvalue weighted by atomic mass is 16.4. The Hall–Kier alpha value is -1.97. The quantitative estimate of drug-likeness (QED) is 0.644. The first-order valence-electron chi connectivity index (χ1n) is 4.14. The van der Waals surface area contributed by atoms with Gasteiger partial charge in [-0.1, -0.05) is 0 Å². The molecule has 1 heterocycles. The van der Waals surface area contributed by atoms with Gasteiger partial charge in [0.05, 0.1) is 0 Å². The minimum atomic E-state index is -0.988. The second kappa shape index (κ2) is 2.77. The minimum Gasteiger partial charge on any atom is -0.508 e. The zero-order valence-electron chi connectivity index (χ0n) is 7.53. The summed E-state index contributed by atoms with van der Waals surface area (Å²) in [5, 5.41) is 18.8. The largest absolute Gasteiger partial charge is 0.508 e. The Morgan fingerprint density at radius 1 is 1.43 bits per heavy atom. The highest BCUT2D eigenvalue weighted by Gasteiger charge is 2.13. The number of aryl methyl sites for hydroxylation is 1. The molecule has 0 bridgehead atoms. The standard InChI is InChI=1S/C10H9NO3/c1-5-7-4-6(12)2-3-8(7)11-9(5)10(13)14/h2-4,11-12H,1H3,(H,13,14). The molecule has 1 aromatic heterocycles. The summed E-state index contributed by atoms with van der Waals surface area (Å²) < 4.78 is 0. The van der Waals surface area contributed by atoms with Crippen molar-refractivity contribution in [2.45, 2.75) is 6.92 Å². The van der Waals surface area contributed by atoms with E-state index < -0.39 is 5.97 Å². The zero-order chi connectivity index (χ0) is 10.3. The van der Waals surface area contributed by atoms with Crippen molar-refractivity contribution < 1.29 is 15.0 Å². The van der Waals surface area contributed by atoms with Gasteiger partial charge in [0.2, 0.25) is 0 Å². The lowest BCUT2D eigenvalue weighted by Crippen LogP contribution is -1.97. The molecule has 0 amide bonds. The summed E-state index contributed by atoms with van der Waals surface area (Å²) in [6.07, 6.45) is 0. The van der Waals surface area contributed by atoms with E-state index in [9.17, 15) is 9.90 Å². The van der Waals surface area contributed by atoms with E-state index in [4.69, 9.17) is 5.11 Å². The maximum absolute atomic E-state index is 10.8. The maximum atomic E-state index is 10.8. The number of carboxylic acids is 1. The van der Waals surface area contributed by atoms with Crippen LogP contribution >= 0.6 is 0 Å². The number of nitrogens with one attached hydrogen (secondary N) is 1. The van der Waals surface area contributed by atoms with Crippen LogP contribution < -0.4 is 0 Å². The Bertz CT molecular complexity index is 513. The van der Waals surface area contributed by atoms with E-state index in [1.807, 2.05) is 0 Å². The Kier molecular flexibility index (Phi) is 1.70. The van der Waals surface area contributed by atoms with Crippen LogP contribution in [-0.2, 0) is 0 Å². The highest BCUT2D eigenvalue weighted by molar-refractivity contribution is 5.97. The molecule has 0 spiro atoms. The number of rotatable bonds is 1. The fraction of sp³-hybridized carbons (Fsp3) is 0.100. The number of phenols is 1. The maximum Gasteiger partial charge on any atom is 0.352 e. The molecule has 0 fully saturated rings. The van der Waals surface area contributed by atoms with Crippen molar-refractivity contribution >= 4 is 16.9 Å². The van der Waals surface area contributed by atoms with Crippen LogP contribution in [0.25, 0.3) is 10.9 Å². The topological polar surface area (TPSA) is 73.3 Å². The van der Waals surface area contributed by atoms with E-state index >= 15 is 0 Å². The summed E-state index contributed by atoms with van der Waals surface area (Å²) in [7, 11) is 0. The third kappa shape index (κ3) is 1.12. The first-order chi connectivity index (χ1) is 6.59. The minimum absolute atomic E-state index is 0.136. The van der Waals surface area contributed by atoms with Crippen molar-refractivity contribution in [1.29, 1.82) is 0 Å². The summed E-state index contributed by atoms with van der Waals surface area (Å²) in [5.74, 6) is -0.852. The molecule has 0 aliphatic heterocycles. The average molecular weight is 191 g/mol. The highest BCUT2D eigenvalue weighted by Crippen LogP contribution is 2.25. The fourth-order valence-corrected chi connectivity index (χ4v) is 1.53. The first-order valence-corrected chi connectivity index (χ1v) is 4.14. The van der Waals surface area contributed by atoms with Crippen LogP contribution in [0.3, 0.4) is 0 Å². The smallest absolute Gasteiger partial charge is 0.352 e. The van der Waals surface area contributed by atoms with E-state index in [0.717, 1.165) is 10.9 Å². The van der Waals surface area contributed by atoms with Gasteiger partial charge >= 0.3 is 5.97 Å². The summed E-state index contributed by atoms with van der Waals surface area (Å²) in [5.41, 5.74) is 1.53. The van der Waals surface area contributed by atoms with Crippen LogP contribution in [0.4, 0.5) is 0 Å². The van der Waals surface area contributed by atoms with Gasteiger partial charge in [0.25, 0.3) is 0 Å². The second-order valence-corrected chi connectivity index (χ2v) is 3.16. The molecule has 3 N–H and O–H groups in total. The van der Waals surface area contributed by atoms with Crippen LogP contribution in [0.15, 0.2) is 18.2 Å². The van der Waals surface area contributed by atoms with E-state index in [2.05, 4.69) is 4.98 Å². The van der Waals surface area contributed by atoms with Crippen molar-refractivity contribution in [2.24, 2.45) is 0 Å². The Morgan fingerprint density at radius 2 is 2.14 bits per heavy atom. The van der Waals surface area contributed by atoms with Crippen LogP contribution in [0.5, 0.6) is 5.75 Å². The van der Waals surface area contributed by atoms with Crippen LogP contribution in [0.2, 0.25) is 0 Å². The Morgan fingerprint density at radius 3 is 2.79 bits per heavy atom. The molecule has 2 aromatic rings. The number of fused-ring (bicyclic) bond motifs is 1. The van der Waals surface area contributed by atoms with E-state index in [-0.39, 0.29) is 11.4 Å². The molecule has 0 saturated carbocycles. The Labute approximate surface area is 79.8 Å². The second-order valence-electron chi connectivity index (χ2n) is 3.16. The average Bonchev–Trinajstić information content (AvgIpc) is 2.44. The number of aromatic carboxylic acids is 1. The third-order valence-electron chi connectivity index (χ3n) is 2.26. The molecule has 4 heteroatoms. The number of aromatic nitrogens is 1. The molecule has 0 unspecified atom stereocenters. The fourth-order valence-electron chi connectivity index (χ4n) is 1.53. The van der Waals surface area contributed by atoms with Gasteiger partial charge in [0.1, 0.15) is 11.4 Å². The lowest BCUT2D eigenvalue weighted by atomic mass is 10.1. The molecule has 4 nitrogen and oxygen atoms in total. The zero-order valence-corrected chi connectivity index (χ0v) is 7.53. The van der Waals surface area contributed by atoms with Crippen LogP contribution in [0, 0.1) is 6.92 Å². The number of benzene rings is 1. The lowest BCUT2D eigenvalue weighted by Gasteiger charge is -1.92. The molecule has 2 rings (SSSR count). The number of aromatic amines is 1. The van der Waals surface area contributed by atoms with Crippen molar-refractivity contribution in [3.8, 4) is 5.75 Å². The van der Waals surface area contributed by atoms with Gasteiger partial charge in [-0.25, -0.2) is 4.79 Å². The number of phenolic OH excluding ortho intramolecular Hbond substituents is 1. The molecule has 72 valence electrons. The molecule has 0 atom stereocenters. The van der Waals surface area contributed by atoms with Gasteiger partial charge < -0.3 is 15.2 Å². The van der Waals surface area contributed by atoms with Gasteiger partial charge in [-0.15, -0.1) is 0 Å². The van der Waals surface area contributed by atoms with Crippen molar-refractivity contribution in [3.05, 3.63) is 29.5 Å². The molecular weight excluding hydrogens is 182 g/mol. The Balaban J connectivity index is 2.80. The SMILES string of the molecule is Cc1c(C(=O)O)[nH]c2ccc(O)cc12. The number of carboxylic acid groups (broad SMARTS) is 1. The molecule has 0 aliphatic carbocycles. The van der Waals surface area contributed by atoms with Gasteiger partial charge in [0.15, 0.2) is 0 Å². The monoisotopic (exact) mass is 191 g/mol. The van der Waals surface area contributed by atoms with Crippen molar-refractivity contribution in [3.63, 3.8) is 0 Å². The normalized spacial score (nSPS) is 10.6. The predicted octanol–water partition coefficient (Wildman–Crippen LogP) is 1.88. The molecule has 1 aromatic carbocycles. The number of hydrogen-bond donors (Lipinski definition) is 3. The van der Waals surface area contributed by atoms with E-state index in [0.29, 0.717) is 5.56 Å². The van der Waals surface area contributed by atoms with Crippen molar-refractivity contribution in [2.75, 3.05) is 0 Å². The number of hydrogen-bond acceptors (Lipinski definition) is 2. The summed E-state index contributed by atoms with van der Waals surface area (Å²) in [4.78, 5) is 13.6. The number of H-pyrrole nitrogens is 1. The predicted molar refractivity (Wildman–Crippen MR) is 51.7 cm³/mol. The van der Waals surface area contributed by atoms with Crippen LogP contribution in [0.1, 0.15) is 16.1 Å². The van der Waals surface area contributed by atoms with Gasteiger partial charge in [-0.2, -0.15) is 0 Å². The lowest BCUT2D eigenvalue weighted by molar-refractivity contribution is 0.0691. The first kappa shape index (κ1) is 8.62. The van der Waals surface area contributed by atoms with Gasteiger partial charge in [-0.3, -0.25) is 0 Å². The van der Waals surface area contributed by atoms with Crippen LogP contribution in [-0.4, -0.2) is 21.2 Å². The third-order valence-corrected chi connectivity index (χ3v) is 2.26. The molecular formula is C10H9NO3. The van der Waals surface area contributed by atoms with Gasteiger partial charge in [0, 0.05) is 10.9 Å². The number of aromatic hydroxyl groups is 1. The summed E-state index contributed by atoms with van der Waals surface area (Å²) >= 11 is 0. The molecule has 0 radical (unpaired) electrons. The molecule has 0 saturated heterocycles. The van der Waals surface area contributed by atoms with Crippen molar-refractivity contribution in [1.82, 2.24) is 4.98 Å². The van der Waals surface area contributed by atoms with E-state index in [1.54, 1.807) is 19.1 Å². The molecule has 0 aliphatic rings. The van der Waals surface area contributed by atoms with Gasteiger partial charge in [-0.05, 0) is 30.7 Å².